The van der Waals surface area contributed by atoms with E-state index >= 15 is 0 Å². The van der Waals surface area contributed by atoms with Crippen LogP contribution in [-0.4, -0.2) is 62.0 Å². The van der Waals surface area contributed by atoms with Crippen molar-refractivity contribution in [1.82, 2.24) is 10.3 Å². The molecule has 5 rings (SSSR count). The van der Waals surface area contributed by atoms with Gasteiger partial charge in [-0.1, -0.05) is 38.5 Å². The quantitative estimate of drug-likeness (QED) is 0.571. The molecule has 1 atom stereocenters. The number of nitrogens with zero attached hydrogens (tertiary/aromatic N) is 4. The van der Waals surface area contributed by atoms with Gasteiger partial charge in [0, 0.05) is 31.4 Å². The largest absolute Gasteiger partial charge is 0.483 e. The molecule has 1 amide bonds. The van der Waals surface area contributed by atoms with Crippen molar-refractivity contribution in [3.05, 3.63) is 54.9 Å². The molecule has 0 aromatic heterocycles. The second kappa shape index (κ2) is 11.8. The maximum atomic E-state index is 13.6. The summed E-state index contributed by atoms with van der Waals surface area (Å²) in [6.45, 7) is 15.8. The van der Waals surface area contributed by atoms with Crippen molar-refractivity contribution in [2.45, 2.75) is 52.6 Å². The summed E-state index contributed by atoms with van der Waals surface area (Å²) in [7, 11) is 4.20. The smallest absolute Gasteiger partial charge is 0.262 e. The van der Waals surface area contributed by atoms with Crippen LogP contribution < -0.4 is 20.0 Å². The maximum absolute atomic E-state index is 13.6. The number of likely N-dealkylation sites (tertiary alicyclic amines) is 1. The van der Waals surface area contributed by atoms with Gasteiger partial charge in [-0.2, -0.15) is 5.10 Å². The summed E-state index contributed by atoms with van der Waals surface area (Å²) in [6, 6.07) is 10.2. The first-order chi connectivity index (χ1) is 17.6. The fourth-order valence-electron chi connectivity index (χ4n) is 4.82. The van der Waals surface area contributed by atoms with Crippen molar-refractivity contribution in [2.24, 2.45) is 5.10 Å². The van der Waals surface area contributed by atoms with Crippen LogP contribution in [0.15, 0.2) is 54.2 Å². The standard InChI is InChI=1S/C23H26FN5O2.C3H8.C3H6/c1-14-22(30)26-25-21-11-31-20-9-17(15-5-7-16(24)8-6-15)18(10-19(20)29(14)21)28(4)23(2)12-27(3)13-23;2*1-3-2/h5-10,14H,11-13H2,1-4H3,(H,26,30);3H2,1-2H3;3H,1H2,2H3. The molecule has 1 unspecified atom stereocenters. The topological polar surface area (TPSA) is 60.4 Å². The van der Waals surface area contributed by atoms with Crippen molar-refractivity contribution in [1.29, 1.82) is 0 Å². The van der Waals surface area contributed by atoms with Gasteiger partial charge in [-0.05, 0) is 57.6 Å². The molecular formula is C29H40FN5O2. The molecule has 2 aromatic rings. The third-order valence-electron chi connectivity index (χ3n) is 6.58. The van der Waals surface area contributed by atoms with E-state index in [1.807, 2.05) is 24.8 Å². The van der Waals surface area contributed by atoms with Gasteiger partial charge in [0.25, 0.3) is 5.91 Å². The van der Waals surface area contributed by atoms with Crippen molar-refractivity contribution in [2.75, 3.05) is 43.6 Å². The zero-order valence-electron chi connectivity index (χ0n) is 23.1. The Kier molecular flexibility index (Phi) is 8.97. The van der Waals surface area contributed by atoms with E-state index in [9.17, 15) is 9.18 Å². The number of hydrogen-bond donors (Lipinski definition) is 1. The van der Waals surface area contributed by atoms with Gasteiger partial charge in [-0.25, -0.2) is 9.82 Å². The number of carbonyl (C=O) groups is 1. The molecule has 0 radical (unpaired) electrons. The SMILES string of the molecule is C=CC.CC1C(=O)NN=C2COc3cc(-c4ccc(F)cc4)c(N(C)C4(C)CN(C)C4)cc3N21.CCC. The molecule has 2 aromatic carbocycles. The third-order valence-corrected chi connectivity index (χ3v) is 6.58. The fourth-order valence-corrected chi connectivity index (χ4v) is 4.82. The number of ether oxygens (including phenoxy) is 1. The first-order valence-corrected chi connectivity index (χ1v) is 12.8. The molecule has 3 aliphatic heterocycles. The van der Waals surface area contributed by atoms with E-state index in [1.54, 1.807) is 18.2 Å². The fraction of sp³-hybridized carbons (Fsp3) is 0.448. The molecule has 1 fully saturated rings. The predicted molar refractivity (Wildman–Crippen MR) is 151 cm³/mol. The van der Waals surface area contributed by atoms with Crippen LogP contribution in [-0.2, 0) is 4.79 Å². The molecule has 3 heterocycles. The first kappa shape index (κ1) is 28.2. The van der Waals surface area contributed by atoms with Gasteiger partial charge in [0.15, 0.2) is 5.84 Å². The highest BCUT2D eigenvalue weighted by atomic mass is 19.1. The zero-order chi connectivity index (χ0) is 27.3. The average Bonchev–Trinajstić information content (AvgIpc) is 2.85. The highest BCUT2D eigenvalue weighted by Gasteiger charge is 2.42. The number of rotatable bonds is 3. The lowest BCUT2D eigenvalue weighted by atomic mass is 9.89. The highest BCUT2D eigenvalue weighted by Crippen LogP contribution is 2.45. The number of anilines is 2. The van der Waals surface area contributed by atoms with Crippen LogP contribution >= 0.6 is 0 Å². The Morgan fingerprint density at radius 2 is 1.86 bits per heavy atom. The Bertz CT molecular complexity index is 1140. The Balaban J connectivity index is 0.000000580. The summed E-state index contributed by atoms with van der Waals surface area (Å²) in [6.07, 6.45) is 3.00. The number of hydrogen-bond acceptors (Lipinski definition) is 6. The zero-order valence-corrected chi connectivity index (χ0v) is 23.1. The summed E-state index contributed by atoms with van der Waals surface area (Å²) >= 11 is 0. The van der Waals surface area contributed by atoms with E-state index in [-0.39, 0.29) is 23.9 Å². The number of benzene rings is 2. The number of hydrazone groups is 1. The number of allylic oxidation sites excluding steroid dienone is 1. The minimum atomic E-state index is -0.393. The molecule has 7 nitrogen and oxygen atoms in total. The summed E-state index contributed by atoms with van der Waals surface area (Å²) in [4.78, 5) is 18.8. The number of halogens is 1. The minimum Gasteiger partial charge on any atom is -0.483 e. The molecule has 8 heteroatoms. The van der Waals surface area contributed by atoms with E-state index in [2.05, 4.69) is 67.8 Å². The second-order valence-electron chi connectivity index (χ2n) is 10.0. The molecule has 0 aliphatic carbocycles. The van der Waals surface area contributed by atoms with Gasteiger partial charge >= 0.3 is 0 Å². The van der Waals surface area contributed by atoms with E-state index in [1.165, 1.54) is 18.6 Å². The summed E-state index contributed by atoms with van der Waals surface area (Å²) in [5.41, 5.74) is 6.23. The van der Waals surface area contributed by atoms with Crippen molar-refractivity contribution >= 4 is 23.1 Å². The Morgan fingerprint density at radius 3 is 2.43 bits per heavy atom. The molecular weight excluding hydrogens is 469 g/mol. The Hall–Kier alpha value is -3.39. The van der Waals surface area contributed by atoms with Crippen LogP contribution in [0.3, 0.4) is 0 Å². The number of carbonyl (C=O) groups excluding carboxylic acids is 1. The van der Waals surface area contributed by atoms with E-state index in [4.69, 9.17) is 4.74 Å². The third kappa shape index (κ3) is 5.80. The number of fused-ring (bicyclic) bond motifs is 3. The molecule has 0 saturated carbocycles. The molecule has 200 valence electrons. The van der Waals surface area contributed by atoms with Crippen LogP contribution in [0.2, 0.25) is 0 Å². The normalized spacial score (nSPS) is 19.1. The minimum absolute atomic E-state index is 0.0326. The average molecular weight is 510 g/mol. The van der Waals surface area contributed by atoms with Crippen LogP contribution in [0.4, 0.5) is 15.8 Å². The molecule has 1 saturated heterocycles. The van der Waals surface area contributed by atoms with E-state index < -0.39 is 6.04 Å². The molecule has 37 heavy (non-hydrogen) atoms. The van der Waals surface area contributed by atoms with Gasteiger partial charge < -0.3 is 19.4 Å². The van der Waals surface area contributed by atoms with Crippen LogP contribution in [0, 0.1) is 5.82 Å². The molecule has 0 bridgehead atoms. The number of amides is 1. The lowest BCUT2D eigenvalue weighted by molar-refractivity contribution is -0.122. The number of nitrogens with one attached hydrogen (secondary N) is 1. The number of likely N-dealkylation sites (N-methyl/N-ethyl adjacent to an activating group) is 2. The molecule has 3 aliphatic rings. The molecule has 0 spiro atoms. The van der Waals surface area contributed by atoms with Gasteiger partial charge in [0.05, 0.1) is 11.2 Å². The summed E-state index contributed by atoms with van der Waals surface area (Å²) < 4.78 is 19.6. The highest BCUT2D eigenvalue weighted by molar-refractivity contribution is 6.10. The van der Waals surface area contributed by atoms with Crippen LogP contribution in [0.5, 0.6) is 5.75 Å². The Morgan fingerprint density at radius 1 is 1.27 bits per heavy atom. The van der Waals surface area contributed by atoms with Gasteiger partial charge in [-0.3, -0.25) is 4.79 Å². The van der Waals surface area contributed by atoms with Gasteiger partial charge in [0.2, 0.25) is 0 Å². The number of amidine groups is 1. The molecule has 1 N–H and O–H groups in total. The van der Waals surface area contributed by atoms with E-state index in [0.717, 1.165) is 35.6 Å². The predicted octanol–water partition coefficient (Wildman–Crippen LogP) is 5.27. The Labute approximate surface area is 220 Å². The summed E-state index contributed by atoms with van der Waals surface area (Å²) in [5.74, 6) is 0.946. The summed E-state index contributed by atoms with van der Waals surface area (Å²) in [5, 5.41) is 4.19. The van der Waals surface area contributed by atoms with E-state index in [0.29, 0.717) is 11.6 Å². The van der Waals surface area contributed by atoms with Gasteiger partial charge in [0.1, 0.15) is 24.2 Å². The second-order valence-corrected chi connectivity index (χ2v) is 10.0. The van der Waals surface area contributed by atoms with Crippen LogP contribution in [0.25, 0.3) is 11.1 Å². The van der Waals surface area contributed by atoms with Crippen LogP contribution in [0.1, 0.15) is 41.0 Å². The van der Waals surface area contributed by atoms with Crippen molar-refractivity contribution < 1.29 is 13.9 Å². The van der Waals surface area contributed by atoms with Crippen molar-refractivity contribution in [3.8, 4) is 16.9 Å². The first-order valence-electron chi connectivity index (χ1n) is 12.8. The maximum Gasteiger partial charge on any atom is 0.262 e. The lowest BCUT2D eigenvalue weighted by Gasteiger charge is -2.53. The lowest BCUT2D eigenvalue weighted by Crippen LogP contribution is -2.66. The monoisotopic (exact) mass is 509 g/mol. The van der Waals surface area contributed by atoms with Gasteiger partial charge in [-0.15, -0.1) is 6.58 Å². The van der Waals surface area contributed by atoms with Crippen molar-refractivity contribution in [3.63, 3.8) is 0 Å².